The van der Waals surface area contributed by atoms with Crippen LogP contribution in [0.2, 0.25) is 0 Å². The summed E-state index contributed by atoms with van der Waals surface area (Å²) in [5.74, 6) is 1.62. The third-order valence-electron chi connectivity index (χ3n) is 4.09. The summed E-state index contributed by atoms with van der Waals surface area (Å²) < 4.78 is 1.83. The van der Waals surface area contributed by atoms with Crippen molar-refractivity contribution in [3.8, 4) is 5.95 Å². The molecule has 2 aromatic rings. The number of hydrogen-bond acceptors (Lipinski definition) is 6. The van der Waals surface area contributed by atoms with Crippen molar-refractivity contribution < 1.29 is 0 Å². The number of nitrogens with zero attached hydrogens (tertiary/aromatic N) is 5. The fourth-order valence-corrected chi connectivity index (χ4v) is 2.80. The first-order valence-corrected chi connectivity index (χ1v) is 9.00. The quantitative estimate of drug-likeness (QED) is 0.612. The molecule has 0 aliphatic carbocycles. The van der Waals surface area contributed by atoms with Crippen molar-refractivity contribution in [3.63, 3.8) is 0 Å². The van der Waals surface area contributed by atoms with Crippen molar-refractivity contribution in [2.75, 3.05) is 11.5 Å². The Morgan fingerprint density at radius 2 is 1.42 bits per heavy atom. The lowest BCUT2D eigenvalue weighted by Gasteiger charge is -2.07. The van der Waals surface area contributed by atoms with Crippen LogP contribution in [0.1, 0.15) is 70.5 Å². The lowest BCUT2D eigenvalue weighted by molar-refractivity contribution is 0.561. The zero-order valence-electron chi connectivity index (χ0n) is 14.6. The Kier molecular flexibility index (Phi) is 7.45. The van der Waals surface area contributed by atoms with E-state index >= 15 is 0 Å². The normalized spacial score (nSPS) is 11.0. The van der Waals surface area contributed by atoms with E-state index in [2.05, 4.69) is 26.9 Å². The van der Waals surface area contributed by atoms with Crippen LogP contribution in [-0.4, -0.2) is 24.5 Å². The molecule has 7 nitrogen and oxygen atoms in total. The molecule has 0 spiro atoms. The highest BCUT2D eigenvalue weighted by Gasteiger charge is 2.09. The Labute approximate surface area is 143 Å². The molecule has 0 bridgehead atoms. The van der Waals surface area contributed by atoms with E-state index < -0.39 is 0 Å². The van der Waals surface area contributed by atoms with E-state index in [1.807, 2.05) is 10.8 Å². The van der Waals surface area contributed by atoms with Gasteiger partial charge in [-0.25, -0.2) is 4.98 Å². The molecule has 7 heteroatoms. The SMILES string of the molecule is CCCCCCCCCCCc1nccn1-c1nc(N)nc(N)n1. The third kappa shape index (κ3) is 5.79. The highest BCUT2D eigenvalue weighted by atomic mass is 15.3. The molecular formula is C17H29N7. The minimum absolute atomic E-state index is 0.125. The Morgan fingerprint density at radius 3 is 2.04 bits per heavy atom. The Morgan fingerprint density at radius 1 is 0.833 bits per heavy atom. The van der Waals surface area contributed by atoms with E-state index in [0.717, 1.165) is 18.7 Å². The number of nitrogens with two attached hydrogens (primary N) is 2. The molecular weight excluding hydrogens is 302 g/mol. The summed E-state index contributed by atoms with van der Waals surface area (Å²) in [7, 11) is 0. The second-order valence-electron chi connectivity index (χ2n) is 6.14. The molecule has 0 fully saturated rings. The monoisotopic (exact) mass is 331 g/mol. The van der Waals surface area contributed by atoms with Gasteiger partial charge < -0.3 is 11.5 Å². The van der Waals surface area contributed by atoms with Crippen LogP contribution in [0.3, 0.4) is 0 Å². The minimum Gasteiger partial charge on any atom is -0.368 e. The van der Waals surface area contributed by atoms with E-state index in [1.54, 1.807) is 6.20 Å². The van der Waals surface area contributed by atoms with Gasteiger partial charge in [0.15, 0.2) is 0 Å². The van der Waals surface area contributed by atoms with Gasteiger partial charge in [-0.3, -0.25) is 4.57 Å². The molecule has 24 heavy (non-hydrogen) atoms. The van der Waals surface area contributed by atoms with Gasteiger partial charge in [0.2, 0.25) is 17.8 Å². The highest BCUT2D eigenvalue weighted by molar-refractivity contribution is 5.31. The second-order valence-corrected chi connectivity index (χ2v) is 6.14. The van der Waals surface area contributed by atoms with E-state index in [0.29, 0.717) is 5.95 Å². The van der Waals surface area contributed by atoms with Gasteiger partial charge in [-0.2, -0.15) is 15.0 Å². The van der Waals surface area contributed by atoms with Crippen LogP contribution in [0.15, 0.2) is 12.4 Å². The number of aryl methyl sites for hydroxylation is 1. The molecule has 0 aliphatic heterocycles. The minimum atomic E-state index is 0.125. The molecule has 0 saturated carbocycles. The molecule has 2 rings (SSSR count). The average Bonchev–Trinajstić information content (AvgIpc) is 3.01. The first-order chi connectivity index (χ1) is 11.7. The number of unbranched alkanes of at least 4 members (excludes halogenated alkanes) is 8. The van der Waals surface area contributed by atoms with Crippen molar-refractivity contribution in [2.45, 2.75) is 71.1 Å². The fraction of sp³-hybridized carbons (Fsp3) is 0.647. The van der Waals surface area contributed by atoms with Crippen LogP contribution < -0.4 is 11.5 Å². The fourth-order valence-electron chi connectivity index (χ4n) is 2.80. The summed E-state index contributed by atoms with van der Waals surface area (Å²) in [6.07, 6.45) is 16.2. The van der Waals surface area contributed by atoms with Crippen LogP contribution in [0, 0.1) is 0 Å². The Balaban J connectivity index is 1.74. The van der Waals surface area contributed by atoms with Crippen molar-refractivity contribution in [2.24, 2.45) is 0 Å². The Bertz CT molecular complexity index is 588. The largest absolute Gasteiger partial charge is 0.368 e. The maximum absolute atomic E-state index is 5.64. The van der Waals surface area contributed by atoms with Crippen molar-refractivity contribution >= 4 is 11.9 Å². The number of anilines is 2. The molecule has 0 aromatic carbocycles. The summed E-state index contributed by atoms with van der Waals surface area (Å²) >= 11 is 0. The number of hydrogen-bond donors (Lipinski definition) is 2. The summed E-state index contributed by atoms with van der Waals surface area (Å²) in [6.45, 7) is 2.25. The zero-order chi connectivity index (χ0) is 17.2. The predicted molar refractivity (Wildman–Crippen MR) is 96.7 cm³/mol. The zero-order valence-corrected chi connectivity index (χ0v) is 14.6. The topological polar surface area (TPSA) is 109 Å². The van der Waals surface area contributed by atoms with E-state index in [4.69, 9.17) is 11.5 Å². The molecule has 132 valence electrons. The van der Waals surface area contributed by atoms with Crippen LogP contribution in [0.5, 0.6) is 0 Å². The lowest BCUT2D eigenvalue weighted by atomic mass is 10.1. The van der Waals surface area contributed by atoms with Crippen LogP contribution in [0.4, 0.5) is 11.9 Å². The van der Waals surface area contributed by atoms with Crippen molar-refractivity contribution in [3.05, 3.63) is 18.2 Å². The van der Waals surface area contributed by atoms with Crippen LogP contribution >= 0.6 is 0 Å². The smallest absolute Gasteiger partial charge is 0.241 e. The Hall–Kier alpha value is -2.18. The third-order valence-corrected chi connectivity index (χ3v) is 4.09. The van der Waals surface area contributed by atoms with Gasteiger partial charge >= 0.3 is 0 Å². The highest BCUT2D eigenvalue weighted by Crippen LogP contribution is 2.13. The second kappa shape index (κ2) is 9.85. The number of imidazole rings is 1. The van der Waals surface area contributed by atoms with Gasteiger partial charge in [0, 0.05) is 18.8 Å². The first kappa shape index (κ1) is 18.2. The van der Waals surface area contributed by atoms with E-state index in [1.165, 1.54) is 51.4 Å². The molecule has 0 aliphatic rings. The molecule has 0 amide bonds. The van der Waals surface area contributed by atoms with Gasteiger partial charge in [0.25, 0.3) is 0 Å². The first-order valence-electron chi connectivity index (χ1n) is 9.00. The van der Waals surface area contributed by atoms with Gasteiger partial charge in [-0.05, 0) is 6.42 Å². The number of aromatic nitrogens is 5. The lowest BCUT2D eigenvalue weighted by Crippen LogP contribution is -2.10. The van der Waals surface area contributed by atoms with Gasteiger partial charge in [-0.15, -0.1) is 0 Å². The average molecular weight is 331 g/mol. The molecule has 0 saturated heterocycles. The molecule has 0 unspecified atom stereocenters. The predicted octanol–water partition coefficient (Wildman–Crippen LogP) is 3.29. The summed E-state index contributed by atoms with van der Waals surface area (Å²) in [6, 6.07) is 0. The molecule has 0 atom stereocenters. The summed E-state index contributed by atoms with van der Waals surface area (Å²) in [5.41, 5.74) is 11.3. The van der Waals surface area contributed by atoms with Crippen LogP contribution in [-0.2, 0) is 6.42 Å². The number of nitrogen functional groups attached to an aromatic ring is 2. The van der Waals surface area contributed by atoms with Crippen LogP contribution in [0.25, 0.3) is 5.95 Å². The molecule has 2 heterocycles. The van der Waals surface area contributed by atoms with Crippen molar-refractivity contribution in [1.29, 1.82) is 0 Å². The summed E-state index contributed by atoms with van der Waals surface area (Å²) in [5, 5.41) is 0. The van der Waals surface area contributed by atoms with Crippen molar-refractivity contribution in [1.82, 2.24) is 24.5 Å². The van der Waals surface area contributed by atoms with E-state index in [-0.39, 0.29) is 11.9 Å². The van der Waals surface area contributed by atoms with Gasteiger partial charge in [0.1, 0.15) is 5.82 Å². The number of rotatable bonds is 11. The van der Waals surface area contributed by atoms with Gasteiger partial charge in [-0.1, -0.05) is 58.3 Å². The molecule has 2 aromatic heterocycles. The standard InChI is InChI=1S/C17H29N7/c1-2-3-4-5-6-7-8-9-10-11-14-20-12-13-24(14)17-22-15(18)21-16(19)23-17/h12-13H,2-11H2,1H3,(H4,18,19,21,22,23). The maximum atomic E-state index is 5.64. The molecule has 4 N–H and O–H groups in total. The summed E-state index contributed by atoms with van der Waals surface area (Å²) in [4.78, 5) is 16.5. The van der Waals surface area contributed by atoms with Gasteiger partial charge in [0.05, 0.1) is 0 Å². The van der Waals surface area contributed by atoms with E-state index in [9.17, 15) is 0 Å². The maximum Gasteiger partial charge on any atom is 0.241 e. The molecule has 0 radical (unpaired) electrons.